The number of hydrazone groups is 1. The average Bonchev–Trinajstić information content (AvgIpc) is 2.58. The standard InChI is InChI=1S/C16H13N5/c1-2-7-13(8-3-1)16(14-9-6-12-18-19-14)21-20-15-10-4-5-11-17-15/h1-12H,(H,17,20)/b21-16-. The molecule has 0 aliphatic rings. The summed E-state index contributed by atoms with van der Waals surface area (Å²) in [7, 11) is 0. The molecule has 0 spiro atoms. The Hall–Kier alpha value is -3.08. The lowest BCUT2D eigenvalue weighted by atomic mass is 10.1. The Morgan fingerprint density at radius 2 is 1.71 bits per heavy atom. The molecule has 0 aliphatic heterocycles. The Labute approximate surface area is 122 Å². The number of hydrogen-bond donors (Lipinski definition) is 1. The number of anilines is 1. The molecule has 21 heavy (non-hydrogen) atoms. The van der Waals surface area contributed by atoms with Crippen LogP contribution in [-0.4, -0.2) is 20.9 Å². The quantitative estimate of drug-likeness (QED) is 0.587. The van der Waals surface area contributed by atoms with Crippen molar-refractivity contribution in [3.8, 4) is 0 Å². The first-order valence-electron chi connectivity index (χ1n) is 6.52. The molecule has 5 nitrogen and oxygen atoms in total. The van der Waals surface area contributed by atoms with E-state index in [0.717, 1.165) is 5.56 Å². The Bertz CT molecular complexity index is 670. The van der Waals surface area contributed by atoms with Gasteiger partial charge >= 0.3 is 0 Å². The summed E-state index contributed by atoms with van der Waals surface area (Å²) < 4.78 is 0. The zero-order valence-electron chi connectivity index (χ0n) is 11.2. The van der Waals surface area contributed by atoms with E-state index in [2.05, 4.69) is 25.7 Å². The third-order valence-corrected chi connectivity index (χ3v) is 2.81. The van der Waals surface area contributed by atoms with Crippen LogP contribution in [0.2, 0.25) is 0 Å². The predicted octanol–water partition coefficient (Wildman–Crippen LogP) is 2.74. The van der Waals surface area contributed by atoms with Gasteiger partial charge in [-0.2, -0.15) is 10.2 Å². The second kappa shape index (κ2) is 6.38. The van der Waals surface area contributed by atoms with Crippen molar-refractivity contribution >= 4 is 11.5 Å². The van der Waals surface area contributed by atoms with Crippen molar-refractivity contribution < 1.29 is 0 Å². The molecule has 0 fully saturated rings. The van der Waals surface area contributed by atoms with Crippen LogP contribution in [0.15, 0.2) is 78.2 Å². The highest BCUT2D eigenvalue weighted by atomic mass is 15.3. The molecule has 102 valence electrons. The molecule has 3 rings (SSSR count). The molecule has 0 unspecified atom stereocenters. The summed E-state index contributed by atoms with van der Waals surface area (Å²) in [5.41, 5.74) is 5.33. The van der Waals surface area contributed by atoms with Crippen LogP contribution >= 0.6 is 0 Å². The first kappa shape index (κ1) is 12.9. The minimum atomic E-state index is 0.676. The number of benzene rings is 1. The van der Waals surface area contributed by atoms with Gasteiger partial charge in [0.1, 0.15) is 17.2 Å². The maximum atomic E-state index is 4.44. The van der Waals surface area contributed by atoms with E-state index in [4.69, 9.17) is 0 Å². The molecule has 0 aliphatic carbocycles. The molecule has 3 aromatic rings. The lowest BCUT2D eigenvalue weighted by Crippen LogP contribution is -2.09. The second-order valence-electron chi connectivity index (χ2n) is 4.26. The zero-order valence-corrected chi connectivity index (χ0v) is 11.2. The third kappa shape index (κ3) is 3.27. The Balaban J connectivity index is 1.97. The molecule has 0 bridgehead atoms. The predicted molar refractivity (Wildman–Crippen MR) is 82.0 cm³/mol. The first-order chi connectivity index (χ1) is 10.4. The Morgan fingerprint density at radius 1 is 0.857 bits per heavy atom. The minimum Gasteiger partial charge on any atom is -0.261 e. The molecule has 0 radical (unpaired) electrons. The normalized spacial score (nSPS) is 11.1. The lowest BCUT2D eigenvalue weighted by molar-refractivity contribution is 1.01. The number of nitrogens with one attached hydrogen (secondary N) is 1. The SMILES string of the molecule is c1ccc(/C(=N/Nc2ccccn2)c2cccnn2)cc1. The molecular formula is C16H13N5. The van der Waals surface area contributed by atoms with Gasteiger partial charge in [0.25, 0.3) is 0 Å². The van der Waals surface area contributed by atoms with Gasteiger partial charge in [-0.05, 0) is 24.3 Å². The fourth-order valence-corrected chi connectivity index (χ4v) is 1.84. The molecule has 2 heterocycles. The van der Waals surface area contributed by atoms with Crippen molar-refractivity contribution in [1.82, 2.24) is 15.2 Å². The Morgan fingerprint density at radius 3 is 2.43 bits per heavy atom. The van der Waals surface area contributed by atoms with Crippen LogP contribution in [0.3, 0.4) is 0 Å². The summed E-state index contributed by atoms with van der Waals surface area (Å²) >= 11 is 0. The van der Waals surface area contributed by atoms with Crippen molar-refractivity contribution in [3.63, 3.8) is 0 Å². The molecular weight excluding hydrogens is 262 g/mol. The van der Waals surface area contributed by atoms with E-state index >= 15 is 0 Å². The average molecular weight is 275 g/mol. The molecule has 0 saturated carbocycles. The van der Waals surface area contributed by atoms with Gasteiger partial charge in [-0.15, -0.1) is 5.10 Å². The smallest absolute Gasteiger partial charge is 0.146 e. The fraction of sp³-hybridized carbons (Fsp3) is 0. The Kier molecular flexibility index (Phi) is 3.93. The molecule has 2 aromatic heterocycles. The molecule has 1 N–H and O–H groups in total. The van der Waals surface area contributed by atoms with E-state index < -0.39 is 0 Å². The highest BCUT2D eigenvalue weighted by Gasteiger charge is 2.08. The minimum absolute atomic E-state index is 0.676. The van der Waals surface area contributed by atoms with Crippen LogP contribution < -0.4 is 5.43 Å². The molecule has 0 amide bonds. The topological polar surface area (TPSA) is 63.1 Å². The molecule has 1 aromatic carbocycles. The number of hydrogen-bond acceptors (Lipinski definition) is 5. The lowest BCUT2D eigenvalue weighted by Gasteiger charge is -2.06. The van der Waals surface area contributed by atoms with Gasteiger partial charge in [-0.1, -0.05) is 36.4 Å². The van der Waals surface area contributed by atoms with Crippen LogP contribution in [0.5, 0.6) is 0 Å². The number of pyridine rings is 1. The van der Waals surface area contributed by atoms with Crippen molar-refractivity contribution in [2.24, 2.45) is 5.10 Å². The monoisotopic (exact) mass is 275 g/mol. The van der Waals surface area contributed by atoms with Crippen molar-refractivity contribution in [2.75, 3.05) is 5.43 Å². The molecule has 5 heteroatoms. The highest BCUT2D eigenvalue weighted by molar-refractivity contribution is 6.11. The van der Waals surface area contributed by atoms with E-state index in [1.165, 1.54) is 0 Å². The number of rotatable bonds is 4. The molecule has 0 saturated heterocycles. The van der Waals surface area contributed by atoms with Crippen LogP contribution in [0, 0.1) is 0 Å². The van der Waals surface area contributed by atoms with E-state index in [1.54, 1.807) is 12.4 Å². The van der Waals surface area contributed by atoms with Crippen LogP contribution in [-0.2, 0) is 0 Å². The van der Waals surface area contributed by atoms with Gasteiger partial charge in [0, 0.05) is 18.0 Å². The zero-order chi connectivity index (χ0) is 14.3. The summed E-state index contributed by atoms with van der Waals surface area (Å²) in [5, 5.41) is 12.5. The van der Waals surface area contributed by atoms with Crippen LogP contribution in [0.4, 0.5) is 5.82 Å². The maximum absolute atomic E-state index is 4.44. The van der Waals surface area contributed by atoms with E-state index in [0.29, 0.717) is 17.2 Å². The van der Waals surface area contributed by atoms with Gasteiger partial charge in [-0.3, -0.25) is 5.43 Å². The van der Waals surface area contributed by atoms with Gasteiger partial charge in [0.2, 0.25) is 0 Å². The van der Waals surface area contributed by atoms with Crippen LogP contribution in [0.1, 0.15) is 11.3 Å². The van der Waals surface area contributed by atoms with Crippen molar-refractivity contribution in [1.29, 1.82) is 0 Å². The highest BCUT2D eigenvalue weighted by Crippen LogP contribution is 2.09. The van der Waals surface area contributed by atoms with E-state index in [1.807, 2.05) is 60.7 Å². The maximum Gasteiger partial charge on any atom is 0.146 e. The second-order valence-corrected chi connectivity index (χ2v) is 4.26. The van der Waals surface area contributed by atoms with Gasteiger partial charge < -0.3 is 0 Å². The summed E-state index contributed by atoms with van der Waals surface area (Å²) in [6.07, 6.45) is 3.35. The third-order valence-electron chi connectivity index (χ3n) is 2.81. The van der Waals surface area contributed by atoms with Gasteiger partial charge in [0.15, 0.2) is 0 Å². The van der Waals surface area contributed by atoms with E-state index in [9.17, 15) is 0 Å². The van der Waals surface area contributed by atoms with Gasteiger partial charge in [0.05, 0.1) is 0 Å². The number of aromatic nitrogens is 3. The van der Waals surface area contributed by atoms with E-state index in [-0.39, 0.29) is 0 Å². The summed E-state index contributed by atoms with van der Waals surface area (Å²) in [6, 6.07) is 19.2. The van der Waals surface area contributed by atoms with Crippen molar-refractivity contribution in [2.45, 2.75) is 0 Å². The molecule has 0 atom stereocenters. The first-order valence-corrected chi connectivity index (χ1v) is 6.52. The summed E-state index contributed by atoms with van der Waals surface area (Å²) in [5.74, 6) is 0.676. The van der Waals surface area contributed by atoms with Crippen LogP contribution in [0.25, 0.3) is 0 Å². The fourth-order valence-electron chi connectivity index (χ4n) is 1.84. The summed E-state index contributed by atoms with van der Waals surface area (Å²) in [4.78, 5) is 4.18. The summed E-state index contributed by atoms with van der Waals surface area (Å²) in [6.45, 7) is 0. The van der Waals surface area contributed by atoms with Gasteiger partial charge in [-0.25, -0.2) is 4.98 Å². The largest absolute Gasteiger partial charge is 0.261 e. The van der Waals surface area contributed by atoms with Crippen molar-refractivity contribution in [3.05, 3.63) is 84.3 Å². The number of nitrogens with zero attached hydrogens (tertiary/aromatic N) is 4.